The third-order valence-electron chi connectivity index (χ3n) is 3.64. The maximum Gasteiger partial charge on any atom is 0.235 e. The van der Waals surface area contributed by atoms with Crippen molar-refractivity contribution >= 4 is 34.1 Å². The maximum absolute atomic E-state index is 12.6. The minimum atomic E-state index is -0.172. The third-order valence-corrected chi connectivity index (χ3v) is 5.53. The molecular formula is C14H16N4OS2. The van der Waals surface area contributed by atoms with Gasteiger partial charge in [0.1, 0.15) is 0 Å². The smallest absolute Gasteiger partial charge is 0.235 e. The molecule has 1 amide bonds. The first kappa shape index (κ1) is 14.5. The summed E-state index contributed by atoms with van der Waals surface area (Å²) in [6, 6.07) is 3.80. The maximum atomic E-state index is 12.6. The number of nitrogens with zero attached hydrogens (tertiary/aromatic N) is 4. The van der Waals surface area contributed by atoms with E-state index in [4.69, 9.17) is 0 Å². The van der Waals surface area contributed by atoms with Crippen LogP contribution in [0.4, 0.5) is 5.13 Å². The van der Waals surface area contributed by atoms with E-state index in [9.17, 15) is 4.79 Å². The Morgan fingerprint density at radius 3 is 2.90 bits per heavy atom. The lowest BCUT2D eigenvalue weighted by molar-refractivity contribution is -0.122. The van der Waals surface area contributed by atoms with Crippen molar-refractivity contribution in [1.82, 2.24) is 15.2 Å². The first-order chi connectivity index (χ1) is 10.2. The molecule has 0 N–H and O–H groups in total. The Morgan fingerprint density at radius 1 is 1.48 bits per heavy atom. The van der Waals surface area contributed by atoms with Gasteiger partial charge in [0.2, 0.25) is 11.0 Å². The normalized spacial score (nSPS) is 15.7. The Hall–Kier alpha value is -1.47. The molecule has 1 saturated carbocycles. The van der Waals surface area contributed by atoms with E-state index in [0.717, 1.165) is 29.2 Å². The first-order valence-electron chi connectivity index (χ1n) is 6.67. The molecule has 110 valence electrons. The molecule has 2 aromatic rings. The van der Waals surface area contributed by atoms with Gasteiger partial charge in [0.15, 0.2) is 5.01 Å². The Bertz CT molecular complexity index is 639. The van der Waals surface area contributed by atoms with Gasteiger partial charge in [-0.15, -0.1) is 10.2 Å². The molecular weight excluding hydrogens is 304 g/mol. The van der Waals surface area contributed by atoms with Crippen molar-refractivity contribution in [3.05, 3.63) is 24.5 Å². The monoisotopic (exact) mass is 320 g/mol. The highest BCUT2D eigenvalue weighted by Gasteiger charge is 2.51. The summed E-state index contributed by atoms with van der Waals surface area (Å²) in [5.74, 6) is 1.04. The molecule has 0 unspecified atom stereocenters. The van der Waals surface area contributed by atoms with Crippen molar-refractivity contribution in [2.45, 2.75) is 12.8 Å². The number of carbonyl (C=O) groups is 1. The Morgan fingerprint density at radius 2 is 2.29 bits per heavy atom. The molecule has 3 rings (SSSR count). The van der Waals surface area contributed by atoms with Crippen LogP contribution in [-0.4, -0.2) is 40.1 Å². The average Bonchev–Trinajstić information content (AvgIpc) is 3.13. The second-order valence-corrected chi connectivity index (χ2v) is 7.03. The Balaban J connectivity index is 1.79. The van der Waals surface area contributed by atoms with Gasteiger partial charge < -0.3 is 0 Å². The predicted molar refractivity (Wildman–Crippen MR) is 86.6 cm³/mol. The van der Waals surface area contributed by atoms with Crippen LogP contribution in [-0.2, 0) is 4.79 Å². The lowest BCUT2D eigenvalue weighted by atomic mass is 10.1. The van der Waals surface area contributed by atoms with Gasteiger partial charge in [-0.3, -0.25) is 14.7 Å². The Labute approximate surface area is 131 Å². The number of rotatable bonds is 5. The van der Waals surface area contributed by atoms with Crippen LogP contribution in [0.2, 0.25) is 0 Å². The topological polar surface area (TPSA) is 59.0 Å². The molecule has 1 aliphatic carbocycles. The third kappa shape index (κ3) is 2.80. The number of pyridine rings is 1. The van der Waals surface area contributed by atoms with Gasteiger partial charge in [-0.2, -0.15) is 11.8 Å². The van der Waals surface area contributed by atoms with Gasteiger partial charge in [-0.05, 0) is 31.2 Å². The minimum Gasteiger partial charge on any atom is -0.289 e. The van der Waals surface area contributed by atoms with Crippen LogP contribution in [0.1, 0.15) is 12.8 Å². The number of thioether (sulfide) groups is 1. The summed E-state index contributed by atoms with van der Waals surface area (Å²) in [6.45, 7) is 0. The molecule has 21 heavy (non-hydrogen) atoms. The highest BCUT2D eigenvalue weighted by atomic mass is 32.2. The van der Waals surface area contributed by atoms with E-state index in [1.54, 1.807) is 36.1 Å². The van der Waals surface area contributed by atoms with Gasteiger partial charge in [0.25, 0.3) is 0 Å². The molecule has 0 bridgehead atoms. The van der Waals surface area contributed by atoms with Crippen molar-refractivity contribution in [1.29, 1.82) is 0 Å². The molecule has 1 fully saturated rings. The molecule has 0 aliphatic heterocycles. The molecule has 0 atom stereocenters. The van der Waals surface area contributed by atoms with E-state index < -0.39 is 0 Å². The van der Waals surface area contributed by atoms with E-state index in [1.165, 1.54) is 11.3 Å². The molecule has 0 saturated heterocycles. The van der Waals surface area contributed by atoms with E-state index in [-0.39, 0.29) is 11.3 Å². The highest BCUT2D eigenvalue weighted by molar-refractivity contribution is 7.98. The van der Waals surface area contributed by atoms with Gasteiger partial charge >= 0.3 is 0 Å². The Kier molecular flexibility index (Phi) is 3.95. The summed E-state index contributed by atoms with van der Waals surface area (Å²) in [6.07, 6.45) is 7.47. The summed E-state index contributed by atoms with van der Waals surface area (Å²) in [7, 11) is 1.79. The molecule has 0 radical (unpaired) electrons. The largest absolute Gasteiger partial charge is 0.289 e. The quantitative estimate of drug-likeness (QED) is 0.848. The zero-order valence-electron chi connectivity index (χ0n) is 11.9. The second kappa shape index (κ2) is 5.73. The van der Waals surface area contributed by atoms with Crippen LogP contribution in [0.3, 0.4) is 0 Å². The van der Waals surface area contributed by atoms with Crippen LogP contribution < -0.4 is 4.90 Å². The number of anilines is 1. The fourth-order valence-corrected chi connectivity index (χ4v) is 4.01. The number of aromatic nitrogens is 3. The zero-order valence-corrected chi connectivity index (χ0v) is 13.6. The number of hydrogen-bond donors (Lipinski definition) is 0. The van der Waals surface area contributed by atoms with Crippen molar-refractivity contribution in [3.8, 4) is 10.6 Å². The fourth-order valence-electron chi connectivity index (χ4n) is 2.25. The standard InChI is InChI=1S/C14H16N4OS2/c1-18(12(19)14(5-6-14)9-20-2)13-17-16-11(21-13)10-4-3-7-15-8-10/h3-4,7-8H,5-6,9H2,1-2H3. The summed E-state index contributed by atoms with van der Waals surface area (Å²) in [4.78, 5) is 18.3. The molecule has 0 spiro atoms. The fraction of sp³-hybridized carbons (Fsp3) is 0.429. The van der Waals surface area contributed by atoms with E-state index in [2.05, 4.69) is 15.2 Å². The van der Waals surface area contributed by atoms with Crippen molar-refractivity contribution in [3.63, 3.8) is 0 Å². The zero-order chi connectivity index (χ0) is 14.9. The van der Waals surface area contributed by atoms with E-state index in [1.807, 2.05) is 18.4 Å². The predicted octanol–water partition coefficient (Wildman–Crippen LogP) is 2.71. The SMILES string of the molecule is CSCC1(C(=O)N(C)c2nnc(-c3cccnc3)s2)CC1. The molecule has 5 nitrogen and oxygen atoms in total. The molecule has 1 aliphatic rings. The molecule has 2 aromatic heterocycles. The molecule has 0 aromatic carbocycles. The van der Waals surface area contributed by atoms with Gasteiger partial charge in [-0.25, -0.2) is 0 Å². The highest BCUT2D eigenvalue weighted by Crippen LogP contribution is 2.49. The lowest BCUT2D eigenvalue weighted by Gasteiger charge is -2.20. The van der Waals surface area contributed by atoms with Crippen LogP contribution >= 0.6 is 23.1 Å². The number of hydrogen-bond acceptors (Lipinski definition) is 6. The van der Waals surface area contributed by atoms with Crippen molar-refractivity contribution in [2.24, 2.45) is 5.41 Å². The first-order valence-corrected chi connectivity index (χ1v) is 8.88. The van der Waals surface area contributed by atoms with Gasteiger partial charge in [0.05, 0.1) is 5.41 Å². The number of carbonyl (C=O) groups excluding carboxylic acids is 1. The minimum absolute atomic E-state index is 0.158. The van der Waals surface area contributed by atoms with Crippen LogP contribution in [0.15, 0.2) is 24.5 Å². The lowest BCUT2D eigenvalue weighted by Crippen LogP contribution is -2.35. The second-order valence-electron chi connectivity index (χ2n) is 5.21. The summed E-state index contributed by atoms with van der Waals surface area (Å²) < 4.78 is 0. The average molecular weight is 320 g/mol. The summed E-state index contributed by atoms with van der Waals surface area (Å²) in [5, 5.41) is 9.75. The molecule has 2 heterocycles. The van der Waals surface area contributed by atoms with E-state index >= 15 is 0 Å². The van der Waals surface area contributed by atoms with Crippen molar-refractivity contribution < 1.29 is 4.79 Å². The number of amides is 1. The van der Waals surface area contributed by atoms with Gasteiger partial charge in [-0.1, -0.05) is 11.3 Å². The van der Waals surface area contributed by atoms with Gasteiger partial charge in [0, 0.05) is 30.8 Å². The summed E-state index contributed by atoms with van der Waals surface area (Å²) in [5.41, 5.74) is 0.751. The van der Waals surface area contributed by atoms with Crippen LogP contribution in [0, 0.1) is 5.41 Å². The summed E-state index contributed by atoms with van der Waals surface area (Å²) >= 11 is 3.15. The molecule has 7 heteroatoms. The van der Waals surface area contributed by atoms with Crippen LogP contribution in [0.5, 0.6) is 0 Å². The van der Waals surface area contributed by atoms with E-state index in [0.29, 0.717) is 5.13 Å². The van der Waals surface area contributed by atoms with Crippen molar-refractivity contribution in [2.75, 3.05) is 24.0 Å². The van der Waals surface area contributed by atoms with Crippen LogP contribution in [0.25, 0.3) is 10.6 Å².